The second-order valence-corrected chi connectivity index (χ2v) is 5.69. The molecule has 0 aliphatic carbocycles. The van der Waals surface area contributed by atoms with Crippen LogP contribution >= 0.6 is 11.6 Å². The van der Waals surface area contributed by atoms with E-state index < -0.39 is 0 Å². The fraction of sp³-hybridized carbons (Fsp3) is 0.0588. The number of nitrogens with one attached hydrogen (secondary N) is 4. The molecule has 1 aromatic carbocycles. The molecule has 3 rings (SSSR count). The first kappa shape index (κ1) is 17.4. The predicted octanol–water partition coefficient (Wildman–Crippen LogP) is 3.77. The molecule has 0 fully saturated rings. The fourth-order valence-corrected chi connectivity index (χ4v) is 2.25. The molecule has 132 valence electrons. The van der Waals surface area contributed by atoms with Crippen LogP contribution in [0.25, 0.3) is 0 Å². The van der Waals surface area contributed by atoms with Gasteiger partial charge in [-0.1, -0.05) is 24.2 Å². The summed E-state index contributed by atoms with van der Waals surface area (Å²) in [7, 11) is 0. The molecule has 0 unspecified atom stereocenters. The van der Waals surface area contributed by atoms with Gasteiger partial charge in [-0.15, -0.1) is 0 Å². The van der Waals surface area contributed by atoms with Gasteiger partial charge in [0.1, 0.15) is 10.8 Å². The van der Waals surface area contributed by atoms with E-state index in [0.29, 0.717) is 34.0 Å². The summed E-state index contributed by atoms with van der Waals surface area (Å²) in [6.07, 6.45) is 4.41. The topological polar surface area (TPSA) is 108 Å². The lowest BCUT2D eigenvalue weighted by atomic mass is 10.2. The van der Waals surface area contributed by atoms with E-state index in [0.717, 1.165) is 5.82 Å². The zero-order chi connectivity index (χ0) is 18.5. The van der Waals surface area contributed by atoms with Crippen LogP contribution in [0.2, 0.25) is 5.02 Å². The average molecular weight is 370 g/mol. The highest BCUT2D eigenvalue weighted by Crippen LogP contribution is 2.26. The van der Waals surface area contributed by atoms with Crippen LogP contribution in [0.3, 0.4) is 0 Å². The summed E-state index contributed by atoms with van der Waals surface area (Å²) in [6.45, 7) is 5.27. The molecule has 0 saturated heterocycles. The molecule has 0 spiro atoms. The Labute approximate surface area is 154 Å². The number of benzene rings is 1. The van der Waals surface area contributed by atoms with Gasteiger partial charge in [0.25, 0.3) is 0 Å². The van der Waals surface area contributed by atoms with Gasteiger partial charge < -0.3 is 20.9 Å². The van der Waals surface area contributed by atoms with Gasteiger partial charge in [-0.25, -0.2) is 9.97 Å². The second-order valence-electron chi connectivity index (χ2n) is 5.29. The number of anilines is 5. The molecule has 3 aromatic rings. The minimum absolute atomic E-state index is 0.289. The number of hydrogen-bond acceptors (Lipinski definition) is 6. The second kappa shape index (κ2) is 7.66. The van der Waals surface area contributed by atoms with Crippen molar-refractivity contribution in [2.75, 3.05) is 16.0 Å². The van der Waals surface area contributed by atoms with Crippen LogP contribution in [0, 0.1) is 6.92 Å². The van der Waals surface area contributed by atoms with Crippen molar-refractivity contribution in [3.8, 4) is 0 Å². The molecule has 4 N–H and O–H groups in total. The number of amides is 1. The van der Waals surface area contributed by atoms with E-state index in [9.17, 15) is 4.79 Å². The summed E-state index contributed by atoms with van der Waals surface area (Å²) in [6, 6.07) is 7.14. The Hall–Kier alpha value is -3.39. The molecule has 1 amide bonds. The summed E-state index contributed by atoms with van der Waals surface area (Å²) in [4.78, 5) is 27.1. The number of aromatic nitrogens is 4. The van der Waals surface area contributed by atoms with Crippen molar-refractivity contribution in [1.82, 2.24) is 19.9 Å². The van der Waals surface area contributed by atoms with E-state index in [-0.39, 0.29) is 5.91 Å². The van der Waals surface area contributed by atoms with Crippen LogP contribution in [-0.2, 0) is 4.79 Å². The Morgan fingerprint density at radius 2 is 2.08 bits per heavy atom. The third-order valence-electron chi connectivity index (χ3n) is 3.27. The van der Waals surface area contributed by atoms with Gasteiger partial charge in [-0.2, -0.15) is 4.98 Å². The van der Waals surface area contributed by atoms with E-state index in [2.05, 4.69) is 42.5 Å². The highest BCUT2D eigenvalue weighted by Gasteiger charge is 2.08. The van der Waals surface area contributed by atoms with E-state index in [4.69, 9.17) is 11.6 Å². The summed E-state index contributed by atoms with van der Waals surface area (Å²) in [5, 5.41) is 9.15. The molecule has 0 aliphatic rings. The Morgan fingerprint density at radius 3 is 2.81 bits per heavy atom. The fourth-order valence-electron chi connectivity index (χ4n) is 2.12. The zero-order valence-corrected chi connectivity index (χ0v) is 14.6. The van der Waals surface area contributed by atoms with E-state index in [1.54, 1.807) is 24.4 Å². The van der Waals surface area contributed by atoms with Crippen LogP contribution in [0.5, 0.6) is 0 Å². The van der Waals surface area contributed by atoms with Gasteiger partial charge >= 0.3 is 0 Å². The Bertz CT molecular complexity index is 954. The van der Waals surface area contributed by atoms with Crippen LogP contribution in [0.1, 0.15) is 5.82 Å². The molecule has 0 bridgehead atoms. The van der Waals surface area contributed by atoms with Crippen molar-refractivity contribution < 1.29 is 4.79 Å². The van der Waals surface area contributed by atoms with Gasteiger partial charge in [0, 0.05) is 17.6 Å². The normalized spacial score (nSPS) is 10.2. The first-order valence-corrected chi connectivity index (χ1v) is 8.03. The van der Waals surface area contributed by atoms with Crippen molar-refractivity contribution in [3.05, 3.63) is 60.2 Å². The maximum atomic E-state index is 11.4. The number of hydrogen-bond donors (Lipinski definition) is 4. The molecular formula is C17H16ClN7O. The third-order valence-corrected chi connectivity index (χ3v) is 3.54. The quantitative estimate of drug-likeness (QED) is 0.492. The SMILES string of the molecule is C=CC(=O)Nc1cccc(Nc2nc(Nc3c[nH]c(C)n3)ncc2Cl)c1. The largest absolute Gasteiger partial charge is 0.347 e. The number of carbonyl (C=O) groups excluding carboxylic acids is 1. The highest BCUT2D eigenvalue weighted by atomic mass is 35.5. The first-order valence-electron chi connectivity index (χ1n) is 7.65. The van der Waals surface area contributed by atoms with E-state index in [1.165, 1.54) is 12.3 Å². The summed E-state index contributed by atoms with van der Waals surface area (Å²) in [5.41, 5.74) is 1.32. The van der Waals surface area contributed by atoms with Crippen molar-refractivity contribution in [1.29, 1.82) is 0 Å². The van der Waals surface area contributed by atoms with Gasteiger partial charge in [0.15, 0.2) is 11.6 Å². The molecule has 2 aromatic heterocycles. The number of halogens is 1. The maximum Gasteiger partial charge on any atom is 0.247 e. The zero-order valence-electron chi connectivity index (χ0n) is 13.9. The van der Waals surface area contributed by atoms with Gasteiger partial charge in [-0.3, -0.25) is 4.79 Å². The Balaban J connectivity index is 1.78. The third kappa shape index (κ3) is 4.37. The molecule has 0 aliphatic heterocycles. The molecule has 2 heterocycles. The standard InChI is InChI=1S/C17H16ClN7O/c1-3-15(26)22-11-5-4-6-12(7-11)23-16-13(18)8-20-17(25-16)24-14-9-19-10(2)21-14/h3-9H,1H2,2H3,(H,19,21)(H,22,26)(H2,20,23,24,25). The lowest BCUT2D eigenvalue weighted by molar-refractivity contribution is -0.111. The van der Waals surface area contributed by atoms with Crippen LogP contribution in [0.15, 0.2) is 49.3 Å². The van der Waals surface area contributed by atoms with Gasteiger partial charge in [0.2, 0.25) is 11.9 Å². The van der Waals surface area contributed by atoms with Crippen molar-refractivity contribution >= 4 is 46.5 Å². The van der Waals surface area contributed by atoms with E-state index in [1.807, 2.05) is 13.0 Å². The summed E-state index contributed by atoms with van der Waals surface area (Å²) < 4.78 is 0. The Morgan fingerprint density at radius 1 is 1.27 bits per heavy atom. The molecule has 26 heavy (non-hydrogen) atoms. The molecule has 0 atom stereocenters. The minimum Gasteiger partial charge on any atom is -0.347 e. The lowest BCUT2D eigenvalue weighted by Gasteiger charge is -2.10. The number of carbonyl (C=O) groups is 1. The maximum absolute atomic E-state index is 11.4. The van der Waals surface area contributed by atoms with Crippen molar-refractivity contribution in [3.63, 3.8) is 0 Å². The van der Waals surface area contributed by atoms with Crippen LogP contribution in [0.4, 0.5) is 29.0 Å². The number of imidazole rings is 1. The molecular weight excluding hydrogens is 354 g/mol. The smallest absolute Gasteiger partial charge is 0.247 e. The van der Waals surface area contributed by atoms with Crippen LogP contribution in [-0.4, -0.2) is 25.8 Å². The molecule has 9 heteroatoms. The summed E-state index contributed by atoms with van der Waals surface area (Å²) in [5.74, 6) is 1.86. The van der Waals surface area contributed by atoms with Crippen molar-refractivity contribution in [2.45, 2.75) is 6.92 Å². The number of rotatable bonds is 6. The first-order chi connectivity index (χ1) is 12.5. The minimum atomic E-state index is -0.289. The number of aromatic amines is 1. The van der Waals surface area contributed by atoms with Crippen LogP contribution < -0.4 is 16.0 Å². The Kier molecular flexibility index (Phi) is 5.14. The highest BCUT2D eigenvalue weighted by molar-refractivity contribution is 6.32. The lowest BCUT2D eigenvalue weighted by Crippen LogP contribution is -2.07. The number of nitrogens with zero attached hydrogens (tertiary/aromatic N) is 3. The molecule has 0 saturated carbocycles. The van der Waals surface area contributed by atoms with Crippen molar-refractivity contribution in [2.24, 2.45) is 0 Å². The predicted molar refractivity (Wildman–Crippen MR) is 102 cm³/mol. The summed E-state index contributed by atoms with van der Waals surface area (Å²) >= 11 is 6.18. The van der Waals surface area contributed by atoms with Gasteiger partial charge in [-0.05, 0) is 31.2 Å². The monoisotopic (exact) mass is 369 g/mol. The molecule has 0 radical (unpaired) electrons. The average Bonchev–Trinajstić information content (AvgIpc) is 3.03. The number of H-pyrrole nitrogens is 1. The van der Waals surface area contributed by atoms with Gasteiger partial charge in [0.05, 0.1) is 6.20 Å². The van der Waals surface area contributed by atoms with E-state index >= 15 is 0 Å². The number of aryl methyl sites for hydroxylation is 1. The molecule has 8 nitrogen and oxygen atoms in total.